The van der Waals surface area contributed by atoms with Crippen LogP contribution in [-0.2, 0) is 18.4 Å². The molecule has 0 aliphatic carbocycles. The standard InChI is InChI=1S/C12H20N4O3S/c1-3-4-5-13-11(19)15-10(18)8-20-12-14-6-9(7-17)16(12)2/h6,17H,3-5,7-8H2,1-2H3,(H2,13,15,18,19). The van der Waals surface area contributed by atoms with E-state index in [0.29, 0.717) is 17.4 Å². The quantitative estimate of drug-likeness (QED) is 0.507. The molecule has 0 aromatic carbocycles. The summed E-state index contributed by atoms with van der Waals surface area (Å²) in [6.07, 6.45) is 3.42. The molecular formula is C12H20N4O3S. The minimum atomic E-state index is -0.472. The van der Waals surface area contributed by atoms with Crippen molar-refractivity contribution in [1.82, 2.24) is 20.2 Å². The lowest BCUT2D eigenvalue weighted by molar-refractivity contribution is -0.117. The number of urea groups is 1. The average molecular weight is 300 g/mol. The average Bonchev–Trinajstić information content (AvgIpc) is 2.77. The Kier molecular flexibility index (Phi) is 7.10. The van der Waals surface area contributed by atoms with Crippen molar-refractivity contribution in [2.24, 2.45) is 7.05 Å². The largest absolute Gasteiger partial charge is 0.390 e. The van der Waals surface area contributed by atoms with Crippen LogP contribution in [0.1, 0.15) is 25.5 Å². The fourth-order valence-electron chi connectivity index (χ4n) is 1.42. The van der Waals surface area contributed by atoms with E-state index in [-0.39, 0.29) is 18.3 Å². The number of imidazole rings is 1. The highest BCUT2D eigenvalue weighted by Crippen LogP contribution is 2.16. The number of rotatable bonds is 7. The topological polar surface area (TPSA) is 96.2 Å². The van der Waals surface area contributed by atoms with Gasteiger partial charge >= 0.3 is 6.03 Å². The molecule has 0 saturated heterocycles. The first-order valence-electron chi connectivity index (χ1n) is 6.40. The van der Waals surface area contributed by atoms with E-state index < -0.39 is 6.03 Å². The zero-order valence-corrected chi connectivity index (χ0v) is 12.5. The number of nitrogens with zero attached hydrogens (tertiary/aromatic N) is 2. The van der Waals surface area contributed by atoms with Gasteiger partial charge in [-0.15, -0.1) is 0 Å². The van der Waals surface area contributed by atoms with Gasteiger partial charge in [-0.1, -0.05) is 25.1 Å². The molecule has 0 unspecified atom stereocenters. The van der Waals surface area contributed by atoms with Crippen molar-refractivity contribution in [2.75, 3.05) is 12.3 Å². The van der Waals surface area contributed by atoms with E-state index in [1.54, 1.807) is 17.8 Å². The summed E-state index contributed by atoms with van der Waals surface area (Å²) >= 11 is 1.21. The number of unbranched alkanes of at least 4 members (excludes halogenated alkanes) is 1. The number of thioether (sulfide) groups is 1. The molecule has 0 fully saturated rings. The van der Waals surface area contributed by atoms with Gasteiger partial charge in [0.2, 0.25) is 5.91 Å². The fourth-order valence-corrected chi connectivity index (χ4v) is 2.19. The van der Waals surface area contributed by atoms with Gasteiger partial charge in [-0.05, 0) is 6.42 Å². The van der Waals surface area contributed by atoms with Crippen LogP contribution in [-0.4, -0.2) is 38.9 Å². The monoisotopic (exact) mass is 300 g/mol. The van der Waals surface area contributed by atoms with Crippen LogP contribution in [0.2, 0.25) is 0 Å². The van der Waals surface area contributed by atoms with Crippen LogP contribution < -0.4 is 10.6 Å². The second kappa shape index (κ2) is 8.60. The molecule has 0 aliphatic rings. The SMILES string of the molecule is CCCCNC(=O)NC(=O)CSc1ncc(CO)n1C. The van der Waals surface area contributed by atoms with Crippen molar-refractivity contribution in [1.29, 1.82) is 0 Å². The van der Waals surface area contributed by atoms with Crippen molar-refractivity contribution >= 4 is 23.7 Å². The maximum atomic E-state index is 11.6. The molecular weight excluding hydrogens is 280 g/mol. The van der Waals surface area contributed by atoms with Crippen LogP contribution in [0.15, 0.2) is 11.4 Å². The number of aliphatic hydroxyl groups is 1. The third kappa shape index (κ3) is 5.22. The Morgan fingerprint density at radius 1 is 1.50 bits per heavy atom. The molecule has 112 valence electrons. The fraction of sp³-hybridized carbons (Fsp3) is 0.583. The summed E-state index contributed by atoms with van der Waals surface area (Å²) in [7, 11) is 1.76. The molecule has 1 aromatic rings. The number of nitrogens with one attached hydrogen (secondary N) is 2. The third-order valence-corrected chi connectivity index (χ3v) is 3.65. The van der Waals surface area contributed by atoms with Gasteiger partial charge in [-0.3, -0.25) is 10.1 Å². The number of carbonyl (C=O) groups excluding carboxylic acids is 2. The first kappa shape index (κ1) is 16.5. The summed E-state index contributed by atoms with van der Waals surface area (Å²) in [6.45, 7) is 2.48. The van der Waals surface area contributed by atoms with Crippen molar-refractivity contribution in [3.63, 3.8) is 0 Å². The molecule has 3 amide bonds. The van der Waals surface area contributed by atoms with Gasteiger partial charge in [0.05, 0.1) is 24.3 Å². The van der Waals surface area contributed by atoms with Crippen LogP contribution >= 0.6 is 11.8 Å². The van der Waals surface area contributed by atoms with Gasteiger partial charge in [0.25, 0.3) is 0 Å². The minimum Gasteiger partial charge on any atom is -0.390 e. The molecule has 0 bridgehead atoms. The number of imide groups is 1. The molecule has 8 heteroatoms. The van der Waals surface area contributed by atoms with Crippen molar-refractivity contribution in [3.05, 3.63) is 11.9 Å². The van der Waals surface area contributed by atoms with Gasteiger partial charge in [0.15, 0.2) is 5.16 Å². The normalized spacial score (nSPS) is 10.3. The number of aliphatic hydroxyl groups excluding tert-OH is 1. The number of amides is 3. The zero-order chi connectivity index (χ0) is 15.0. The predicted molar refractivity (Wildman–Crippen MR) is 76.3 cm³/mol. The highest BCUT2D eigenvalue weighted by atomic mass is 32.2. The minimum absolute atomic E-state index is 0.0942. The molecule has 0 aliphatic heterocycles. The van der Waals surface area contributed by atoms with Crippen molar-refractivity contribution in [2.45, 2.75) is 31.5 Å². The first-order chi connectivity index (χ1) is 9.58. The molecule has 7 nitrogen and oxygen atoms in total. The van der Waals surface area contributed by atoms with Gasteiger partial charge in [-0.2, -0.15) is 0 Å². The summed E-state index contributed by atoms with van der Waals surface area (Å²) in [5, 5.41) is 14.5. The van der Waals surface area contributed by atoms with Gasteiger partial charge in [0.1, 0.15) is 0 Å². The number of hydrogen-bond acceptors (Lipinski definition) is 5. The van der Waals surface area contributed by atoms with E-state index in [9.17, 15) is 9.59 Å². The highest BCUT2D eigenvalue weighted by Gasteiger charge is 2.11. The molecule has 1 heterocycles. The number of aromatic nitrogens is 2. The Morgan fingerprint density at radius 2 is 2.25 bits per heavy atom. The first-order valence-corrected chi connectivity index (χ1v) is 7.39. The maximum absolute atomic E-state index is 11.6. The lowest BCUT2D eigenvalue weighted by Gasteiger charge is -2.06. The van der Waals surface area contributed by atoms with Crippen LogP contribution in [0.3, 0.4) is 0 Å². The lowest BCUT2D eigenvalue weighted by Crippen LogP contribution is -2.40. The van der Waals surface area contributed by atoms with Gasteiger partial charge in [0, 0.05) is 13.6 Å². The smallest absolute Gasteiger partial charge is 0.321 e. The maximum Gasteiger partial charge on any atom is 0.321 e. The summed E-state index contributed by atoms with van der Waals surface area (Å²) in [6, 6.07) is -0.472. The summed E-state index contributed by atoms with van der Waals surface area (Å²) in [5.74, 6) is -0.283. The van der Waals surface area contributed by atoms with E-state index in [1.807, 2.05) is 6.92 Å². The molecule has 20 heavy (non-hydrogen) atoms. The Bertz CT molecular complexity index is 462. The molecule has 1 aromatic heterocycles. The zero-order valence-electron chi connectivity index (χ0n) is 11.7. The number of hydrogen-bond donors (Lipinski definition) is 3. The van der Waals surface area contributed by atoms with E-state index in [2.05, 4.69) is 15.6 Å². The van der Waals surface area contributed by atoms with E-state index in [4.69, 9.17) is 5.11 Å². The van der Waals surface area contributed by atoms with Crippen molar-refractivity contribution in [3.8, 4) is 0 Å². The molecule has 0 spiro atoms. The van der Waals surface area contributed by atoms with Crippen LogP contribution in [0.5, 0.6) is 0 Å². The molecule has 3 N–H and O–H groups in total. The Balaban J connectivity index is 2.32. The summed E-state index contributed by atoms with van der Waals surface area (Å²) < 4.78 is 1.71. The molecule has 1 rings (SSSR count). The van der Waals surface area contributed by atoms with E-state index in [0.717, 1.165) is 12.8 Å². The second-order valence-electron chi connectivity index (χ2n) is 4.20. The Labute approximate surface area is 122 Å². The second-order valence-corrected chi connectivity index (χ2v) is 5.14. The number of carbonyl (C=O) groups is 2. The Hall–Kier alpha value is -1.54. The molecule has 0 radical (unpaired) electrons. The van der Waals surface area contributed by atoms with E-state index in [1.165, 1.54) is 11.8 Å². The molecule has 0 atom stereocenters. The summed E-state index contributed by atoms with van der Waals surface area (Å²) in [5.41, 5.74) is 0.671. The van der Waals surface area contributed by atoms with Gasteiger partial charge in [-0.25, -0.2) is 9.78 Å². The highest BCUT2D eigenvalue weighted by molar-refractivity contribution is 7.99. The molecule has 0 saturated carbocycles. The van der Waals surface area contributed by atoms with Crippen LogP contribution in [0.25, 0.3) is 0 Å². The van der Waals surface area contributed by atoms with E-state index >= 15 is 0 Å². The third-order valence-electron chi connectivity index (χ3n) is 2.60. The van der Waals surface area contributed by atoms with Crippen molar-refractivity contribution < 1.29 is 14.7 Å². The predicted octanol–water partition coefficient (Wildman–Crippen LogP) is 0.630. The summed E-state index contributed by atoms with van der Waals surface area (Å²) in [4.78, 5) is 27.0. The Morgan fingerprint density at radius 3 is 2.85 bits per heavy atom. The van der Waals surface area contributed by atoms with Crippen LogP contribution in [0, 0.1) is 0 Å². The van der Waals surface area contributed by atoms with Crippen LogP contribution in [0.4, 0.5) is 4.79 Å². The van der Waals surface area contributed by atoms with Gasteiger partial charge < -0.3 is 15.0 Å². The lowest BCUT2D eigenvalue weighted by atomic mass is 10.3.